The molecule has 0 saturated carbocycles. The minimum Gasteiger partial charge on any atom is -0.342 e. The number of carbonyl (C=O) groups excluding carboxylic acids is 1. The van der Waals surface area contributed by atoms with Crippen molar-refractivity contribution in [1.29, 1.82) is 0 Å². The Morgan fingerprint density at radius 1 is 1.22 bits per heavy atom. The fourth-order valence-corrected chi connectivity index (χ4v) is 4.59. The number of alkyl halides is 3. The van der Waals surface area contributed by atoms with Crippen LogP contribution in [0.3, 0.4) is 0 Å². The molecule has 0 heterocycles. The predicted molar refractivity (Wildman–Crippen MR) is 118 cm³/mol. The highest BCUT2D eigenvalue weighted by molar-refractivity contribution is 7.85. The quantitative estimate of drug-likeness (QED) is 0.356. The molecule has 2 atom stereocenters. The van der Waals surface area contributed by atoms with Crippen LogP contribution in [0.15, 0.2) is 70.2 Å². The van der Waals surface area contributed by atoms with Crippen LogP contribution in [0.4, 0.5) is 17.6 Å². The molecule has 3 nitrogen and oxygen atoms in total. The van der Waals surface area contributed by atoms with Crippen LogP contribution in [0.2, 0.25) is 5.02 Å². The highest BCUT2D eigenvalue weighted by atomic mass is 35.5. The molecule has 2 rings (SSSR count). The number of hydrogen-bond acceptors (Lipinski definition) is 2. The predicted octanol–water partition coefficient (Wildman–Crippen LogP) is 6.53. The lowest BCUT2D eigenvalue weighted by Gasteiger charge is -2.18. The van der Waals surface area contributed by atoms with Gasteiger partial charge in [0.1, 0.15) is 5.83 Å². The van der Waals surface area contributed by atoms with Crippen LogP contribution in [-0.4, -0.2) is 16.3 Å². The molecule has 0 fully saturated rings. The topological polar surface area (TPSA) is 46.2 Å². The van der Waals surface area contributed by atoms with Crippen molar-refractivity contribution in [3.63, 3.8) is 0 Å². The fourth-order valence-electron chi connectivity index (χ4n) is 3.06. The zero-order valence-electron chi connectivity index (χ0n) is 17.6. The molecule has 172 valence electrons. The smallest absolute Gasteiger partial charge is 0.342 e. The minimum atomic E-state index is -4.98. The van der Waals surface area contributed by atoms with Crippen molar-refractivity contribution >= 4 is 28.3 Å². The first-order valence-electron chi connectivity index (χ1n) is 9.53. The molecule has 1 N–H and O–H groups in total. The Kier molecular flexibility index (Phi) is 8.42. The molecule has 0 aliphatic heterocycles. The molecule has 0 bridgehead atoms. The lowest BCUT2D eigenvalue weighted by molar-refractivity contribution is -0.174. The Balaban J connectivity index is 2.37. The Labute approximate surface area is 191 Å². The van der Waals surface area contributed by atoms with Crippen LogP contribution in [0.1, 0.15) is 36.6 Å². The lowest BCUT2D eigenvalue weighted by Crippen LogP contribution is -2.38. The third-order valence-corrected chi connectivity index (χ3v) is 6.69. The molecular formula is C23H22ClF4NO2S. The summed E-state index contributed by atoms with van der Waals surface area (Å²) in [5, 5.41) is 2.30. The van der Waals surface area contributed by atoms with Gasteiger partial charge in [-0.2, -0.15) is 13.2 Å². The molecule has 9 heteroatoms. The Morgan fingerprint density at radius 3 is 2.38 bits per heavy atom. The number of benzene rings is 2. The van der Waals surface area contributed by atoms with Gasteiger partial charge in [0, 0.05) is 21.2 Å². The minimum absolute atomic E-state index is 0.144. The number of halogens is 5. The molecule has 0 saturated heterocycles. The average molecular weight is 488 g/mol. The van der Waals surface area contributed by atoms with E-state index in [1.165, 1.54) is 13.0 Å². The summed E-state index contributed by atoms with van der Waals surface area (Å²) in [6.07, 6.45) is -3.26. The summed E-state index contributed by atoms with van der Waals surface area (Å²) < 4.78 is 64.5. The van der Waals surface area contributed by atoms with E-state index in [1.807, 2.05) is 5.32 Å². The molecule has 0 aliphatic carbocycles. The van der Waals surface area contributed by atoms with E-state index in [-0.39, 0.29) is 6.42 Å². The van der Waals surface area contributed by atoms with E-state index in [0.29, 0.717) is 37.1 Å². The number of rotatable bonds is 7. The first-order valence-corrected chi connectivity index (χ1v) is 11.1. The Hall–Kier alpha value is -2.45. The molecule has 1 amide bonds. The molecule has 2 aromatic rings. The SMILES string of the molecule is C=C(F)/C(=C\C)Cc1cc(Cl)ccc1S(=O)c1ccc([C@H](C)NC(=O)C(F)(F)F)cc1C. The first-order chi connectivity index (χ1) is 14.8. The maximum absolute atomic E-state index is 13.7. The maximum Gasteiger partial charge on any atom is 0.471 e. The van der Waals surface area contributed by atoms with Gasteiger partial charge in [-0.15, -0.1) is 0 Å². The number of nitrogens with one attached hydrogen (secondary N) is 1. The van der Waals surface area contributed by atoms with Gasteiger partial charge in [0.15, 0.2) is 0 Å². The average Bonchev–Trinajstić information content (AvgIpc) is 2.70. The van der Waals surface area contributed by atoms with Crippen LogP contribution in [0.25, 0.3) is 0 Å². The third kappa shape index (κ3) is 6.29. The Morgan fingerprint density at radius 2 is 1.84 bits per heavy atom. The van der Waals surface area contributed by atoms with Crippen molar-refractivity contribution in [1.82, 2.24) is 5.32 Å². The summed E-state index contributed by atoms with van der Waals surface area (Å²) in [5.74, 6) is -2.63. The third-order valence-electron chi connectivity index (χ3n) is 4.80. The number of allylic oxidation sites excluding steroid dienone is 3. The van der Waals surface area contributed by atoms with Crippen molar-refractivity contribution in [3.05, 3.63) is 82.2 Å². The van der Waals surface area contributed by atoms with Gasteiger partial charge in [-0.05, 0) is 67.3 Å². The molecule has 0 aromatic heterocycles. The van der Waals surface area contributed by atoms with Gasteiger partial charge in [-0.1, -0.05) is 36.4 Å². The van der Waals surface area contributed by atoms with E-state index in [9.17, 15) is 26.6 Å². The molecule has 0 aliphatic rings. The Bertz CT molecular complexity index is 1100. The van der Waals surface area contributed by atoms with E-state index in [1.54, 1.807) is 50.3 Å². The second-order valence-corrected chi connectivity index (χ2v) is 8.99. The van der Waals surface area contributed by atoms with Crippen molar-refractivity contribution in [2.24, 2.45) is 0 Å². The number of aryl methyl sites for hydroxylation is 1. The molecule has 0 radical (unpaired) electrons. The summed E-state index contributed by atoms with van der Waals surface area (Å²) in [7, 11) is -1.66. The standard InChI is InChI=1S/C23H22ClF4NO2S/c1-5-16(14(3)25)11-18-12-19(24)7-9-21(18)32(31)20-8-6-17(10-13(20)2)15(4)29-22(30)23(26,27)28/h5-10,12,15H,3,11H2,1-2,4H3,(H,29,30)/b16-5-/t15-,32?/m0/s1. The maximum atomic E-state index is 13.7. The van der Waals surface area contributed by atoms with Crippen molar-refractivity contribution < 1.29 is 26.6 Å². The van der Waals surface area contributed by atoms with Gasteiger partial charge in [0.2, 0.25) is 0 Å². The summed E-state index contributed by atoms with van der Waals surface area (Å²) in [4.78, 5) is 12.1. The van der Waals surface area contributed by atoms with Crippen LogP contribution < -0.4 is 5.32 Å². The van der Waals surface area contributed by atoms with Crippen molar-refractivity contribution in [3.8, 4) is 0 Å². The van der Waals surface area contributed by atoms with E-state index >= 15 is 0 Å². The van der Waals surface area contributed by atoms with Crippen molar-refractivity contribution in [2.45, 2.75) is 49.2 Å². The highest BCUT2D eigenvalue weighted by Gasteiger charge is 2.39. The van der Waals surface area contributed by atoms with Gasteiger partial charge in [0.25, 0.3) is 0 Å². The highest BCUT2D eigenvalue weighted by Crippen LogP contribution is 2.30. The zero-order chi connectivity index (χ0) is 24.2. The zero-order valence-corrected chi connectivity index (χ0v) is 19.2. The van der Waals surface area contributed by atoms with Gasteiger partial charge in [0.05, 0.1) is 16.8 Å². The van der Waals surface area contributed by atoms with E-state index < -0.39 is 34.8 Å². The largest absolute Gasteiger partial charge is 0.471 e. The van der Waals surface area contributed by atoms with Gasteiger partial charge in [-0.3, -0.25) is 4.79 Å². The second kappa shape index (κ2) is 10.4. The monoisotopic (exact) mass is 487 g/mol. The van der Waals surface area contributed by atoms with Crippen molar-refractivity contribution in [2.75, 3.05) is 0 Å². The summed E-state index contributed by atoms with van der Waals surface area (Å²) in [5.41, 5.74) is 1.90. The second-order valence-electron chi connectivity index (χ2n) is 7.13. The van der Waals surface area contributed by atoms with Gasteiger partial charge in [-0.25, -0.2) is 8.60 Å². The molecular weight excluding hydrogens is 466 g/mol. The van der Waals surface area contributed by atoms with E-state index in [0.717, 1.165) is 0 Å². The van der Waals surface area contributed by atoms with Crippen LogP contribution in [-0.2, 0) is 22.0 Å². The molecule has 32 heavy (non-hydrogen) atoms. The van der Waals surface area contributed by atoms with Crippen LogP contribution in [0.5, 0.6) is 0 Å². The molecule has 2 aromatic carbocycles. The summed E-state index contributed by atoms with van der Waals surface area (Å²) >= 11 is 6.09. The van der Waals surface area contributed by atoms with Gasteiger partial charge < -0.3 is 5.32 Å². The lowest BCUT2D eigenvalue weighted by atomic mass is 10.0. The first kappa shape index (κ1) is 25.8. The van der Waals surface area contributed by atoms with E-state index in [4.69, 9.17) is 11.6 Å². The molecule has 0 spiro atoms. The summed E-state index contributed by atoms with van der Waals surface area (Å²) in [6.45, 7) is 8.08. The summed E-state index contributed by atoms with van der Waals surface area (Å²) in [6, 6.07) is 8.52. The van der Waals surface area contributed by atoms with Crippen LogP contribution in [0, 0.1) is 6.92 Å². The van der Waals surface area contributed by atoms with Gasteiger partial charge >= 0.3 is 12.1 Å². The van der Waals surface area contributed by atoms with Crippen LogP contribution >= 0.6 is 11.6 Å². The number of amides is 1. The van der Waals surface area contributed by atoms with E-state index in [2.05, 4.69) is 6.58 Å². The number of carbonyl (C=O) groups is 1. The fraction of sp³-hybridized carbons (Fsp3) is 0.261. The molecule has 1 unspecified atom stereocenters. The normalized spacial score (nSPS) is 14.1. The number of hydrogen-bond donors (Lipinski definition) is 1.